The summed E-state index contributed by atoms with van der Waals surface area (Å²) in [4.78, 5) is 11.9. The maximum absolute atomic E-state index is 11.9. The zero-order valence-electron chi connectivity index (χ0n) is 12.8. The second kappa shape index (κ2) is 7.25. The Labute approximate surface area is 121 Å². The van der Waals surface area contributed by atoms with Gasteiger partial charge in [0.1, 0.15) is 0 Å². The summed E-state index contributed by atoms with van der Waals surface area (Å²) < 4.78 is 0. The summed E-state index contributed by atoms with van der Waals surface area (Å²) in [5.41, 5.74) is 1.88. The average molecular weight is 275 g/mol. The van der Waals surface area contributed by atoms with Crippen LogP contribution < -0.4 is 5.32 Å². The first-order valence-corrected chi connectivity index (χ1v) is 7.00. The third-order valence-electron chi connectivity index (χ3n) is 3.17. The minimum Gasteiger partial charge on any atom is -0.393 e. The zero-order valence-corrected chi connectivity index (χ0v) is 12.8. The van der Waals surface area contributed by atoms with Crippen molar-refractivity contribution in [3.63, 3.8) is 0 Å². The molecule has 110 valence electrons. The van der Waals surface area contributed by atoms with Gasteiger partial charge in [0.05, 0.1) is 6.10 Å². The summed E-state index contributed by atoms with van der Waals surface area (Å²) in [5, 5.41) is 12.3. The molecule has 0 spiro atoms. The van der Waals surface area contributed by atoms with Crippen LogP contribution in [0.2, 0.25) is 0 Å². The number of hydrogen-bond acceptors (Lipinski definition) is 2. The Balaban J connectivity index is 2.56. The minimum absolute atomic E-state index is 0.0926. The van der Waals surface area contributed by atoms with Crippen LogP contribution in [0.25, 0.3) is 5.57 Å². The van der Waals surface area contributed by atoms with E-state index >= 15 is 0 Å². The highest BCUT2D eigenvalue weighted by molar-refractivity contribution is 5.94. The summed E-state index contributed by atoms with van der Waals surface area (Å²) in [6.07, 6.45) is 1.92. The summed E-state index contributed by atoms with van der Waals surface area (Å²) in [6, 6.07) is 9.83. The van der Waals surface area contributed by atoms with Crippen molar-refractivity contribution in [1.29, 1.82) is 0 Å². The maximum Gasteiger partial charge on any atom is 0.244 e. The van der Waals surface area contributed by atoms with Crippen LogP contribution in [0, 0.1) is 5.41 Å². The molecule has 0 fully saturated rings. The molecular formula is C17H25NO2. The number of allylic oxidation sites excluding steroid dienone is 1. The fourth-order valence-electron chi connectivity index (χ4n) is 2.23. The number of rotatable bonds is 6. The van der Waals surface area contributed by atoms with Crippen molar-refractivity contribution in [3.05, 3.63) is 42.0 Å². The lowest BCUT2D eigenvalue weighted by atomic mass is 9.87. The van der Waals surface area contributed by atoms with E-state index in [1.54, 1.807) is 13.0 Å². The van der Waals surface area contributed by atoms with Gasteiger partial charge in [-0.15, -0.1) is 0 Å². The molecule has 1 amide bonds. The van der Waals surface area contributed by atoms with Crippen molar-refractivity contribution in [3.8, 4) is 0 Å². The van der Waals surface area contributed by atoms with Gasteiger partial charge < -0.3 is 10.4 Å². The zero-order chi connectivity index (χ0) is 15.2. The van der Waals surface area contributed by atoms with Gasteiger partial charge in [-0.1, -0.05) is 44.2 Å². The highest BCUT2D eigenvalue weighted by Crippen LogP contribution is 2.21. The first-order valence-electron chi connectivity index (χ1n) is 7.00. The molecule has 3 heteroatoms. The Hall–Kier alpha value is -1.61. The fraction of sp³-hybridized carbons (Fsp3) is 0.471. The van der Waals surface area contributed by atoms with E-state index in [2.05, 4.69) is 5.32 Å². The first-order chi connectivity index (χ1) is 9.30. The monoisotopic (exact) mass is 275 g/mol. The van der Waals surface area contributed by atoms with E-state index in [0.717, 1.165) is 11.1 Å². The highest BCUT2D eigenvalue weighted by Gasteiger charge is 2.20. The standard InChI is InChI=1S/C17H25NO2/c1-13(15-8-6-5-7-9-15)10-16(20)18-12-17(3,4)11-14(2)19/h5-10,14,19H,11-12H2,1-4H3,(H,18,20)/b13-10-. The van der Waals surface area contributed by atoms with Crippen molar-refractivity contribution in [2.75, 3.05) is 6.54 Å². The van der Waals surface area contributed by atoms with Crippen molar-refractivity contribution < 1.29 is 9.90 Å². The predicted molar refractivity (Wildman–Crippen MR) is 83.2 cm³/mol. The Kier molecular flexibility index (Phi) is 5.96. The molecule has 0 radical (unpaired) electrons. The maximum atomic E-state index is 11.9. The van der Waals surface area contributed by atoms with Gasteiger partial charge in [-0.25, -0.2) is 0 Å². The second-order valence-corrected chi connectivity index (χ2v) is 6.13. The Morgan fingerprint density at radius 1 is 1.35 bits per heavy atom. The molecule has 0 aromatic heterocycles. The number of amides is 1. The van der Waals surface area contributed by atoms with Crippen molar-refractivity contribution >= 4 is 11.5 Å². The number of carbonyl (C=O) groups excluding carboxylic acids is 1. The number of carbonyl (C=O) groups is 1. The van der Waals surface area contributed by atoms with Crippen LogP contribution in [0.5, 0.6) is 0 Å². The van der Waals surface area contributed by atoms with E-state index in [0.29, 0.717) is 13.0 Å². The molecule has 2 N–H and O–H groups in total. The molecule has 0 saturated carbocycles. The molecule has 1 atom stereocenters. The van der Waals surface area contributed by atoms with Crippen LogP contribution in [0.15, 0.2) is 36.4 Å². The molecule has 1 aromatic carbocycles. The van der Waals surface area contributed by atoms with Gasteiger partial charge >= 0.3 is 0 Å². The Bertz CT molecular complexity index is 461. The van der Waals surface area contributed by atoms with Gasteiger partial charge in [-0.05, 0) is 36.8 Å². The molecule has 0 aliphatic heterocycles. The smallest absolute Gasteiger partial charge is 0.244 e. The van der Waals surface area contributed by atoms with Gasteiger partial charge in [-0.3, -0.25) is 4.79 Å². The van der Waals surface area contributed by atoms with E-state index in [-0.39, 0.29) is 17.4 Å². The molecule has 0 aliphatic rings. The molecule has 3 nitrogen and oxygen atoms in total. The van der Waals surface area contributed by atoms with E-state index in [9.17, 15) is 9.90 Å². The molecule has 0 aliphatic carbocycles. The lowest BCUT2D eigenvalue weighted by Crippen LogP contribution is -2.35. The predicted octanol–water partition coefficient (Wildman–Crippen LogP) is 3.00. The lowest BCUT2D eigenvalue weighted by Gasteiger charge is -2.26. The Morgan fingerprint density at radius 3 is 2.50 bits per heavy atom. The highest BCUT2D eigenvalue weighted by atomic mass is 16.3. The van der Waals surface area contributed by atoms with Crippen LogP contribution in [-0.4, -0.2) is 23.7 Å². The SMILES string of the molecule is C/C(=C/C(=O)NCC(C)(C)CC(C)O)c1ccccc1. The normalized spacial score (nSPS) is 13.9. The first kappa shape index (κ1) is 16.4. The average Bonchev–Trinajstić information content (AvgIpc) is 2.36. The fourth-order valence-corrected chi connectivity index (χ4v) is 2.23. The van der Waals surface area contributed by atoms with Crippen LogP contribution in [0.3, 0.4) is 0 Å². The lowest BCUT2D eigenvalue weighted by molar-refractivity contribution is -0.117. The van der Waals surface area contributed by atoms with Crippen molar-refractivity contribution in [2.24, 2.45) is 5.41 Å². The number of aliphatic hydroxyl groups is 1. The van der Waals surface area contributed by atoms with Gasteiger partial charge in [0.15, 0.2) is 0 Å². The summed E-state index contributed by atoms with van der Waals surface area (Å²) in [7, 11) is 0. The largest absolute Gasteiger partial charge is 0.393 e. The molecule has 1 aromatic rings. The number of aliphatic hydroxyl groups excluding tert-OH is 1. The second-order valence-electron chi connectivity index (χ2n) is 6.13. The molecule has 1 rings (SSSR count). The molecule has 0 saturated heterocycles. The van der Waals surface area contributed by atoms with Gasteiger partial charge in [0.25, 0.3) is 0 Å². The summed E-state index contributed by atoms with van der Waals surface area (Å²) in [5.74, 6) is -0.0926. The van der Waals surface area contributed by atoms with Gasteiger partial charge in [-0.2, -0.15) is 0 Å². The molecule has 0 heterocycles. The molecule has 1 unspecified atom stereocenters. The van der Waals surface area contributed by atoms with E-state index in [1.165, 1.54) is 0 Å². The number of benzene rings is 1. The molecule has 20 heavy (non-hydrogen) atoms. The van der Waals surface area contributed by atoms with Gasteiger partial charge in [0.2, 0.25) is 5.91 Å². The number of nitrogens with one attached hydrogen (secondary N) is 1. The van der Waals surface area contributed by atoms with Crippen molar-refractivity contribution in [2.45, 2.75) is 40.2 Å². The quantitative estimate of drug-likeness (QED) is 0.784. The van der Waals surface area contributed by atoms with E-state index in [1.807, 2.05) is 51.1 Å². The van der Waals surface area contributed by atoms with Crippen LogP contribution in [0.1, 0.15) is 39.7 Å². The third kappa shape index (κ3) is 6.02. The molecular weight excluding hydrogens is 250 g/mol. The van der Waals surface area contributed by atoms with Gasteiger partial charge in [0, 0.05) is 12.6 Å². The van der Waals surface area contributed by atoms with Crippen LogP contribution in [0.4, 0.5) is 0 Å². The summed E-state index contributed by atoms with van der Waals surface area (Å²) >= 11 is 0. The van der Waals surface area contributed by atoms with Crippen LogP contribution in [-0.2, 0) is 4.79 Å². The third-order valence-corrected chi connectivity index (χ3v) is 3.17. The topological polar surface area (TPSA) is 49.3 Å². The molecule has 0 bridgehead atoms. The van der Waals surface area contributed by atoms with Crippen LogP contribution >= 0.6 is 0 Å². The minimum atomic E-state index is -0.358. The Morgan fingerprint density at radius 2 is 1.95 bits per heavy atom. The number of hydrogen-bond donors (Lipinski definition) is 2. The summed E-state index contributed by atoms with van der Waals surface area (Å²) in [6.45, 7) is 8.32. The van der Waals surface area contributed by atoms with Crippen molar-refractivity contribution in [1.82, 2.24) is 5.32 Å². The van der Waals surface area contributed by atoms with E-state index < -0.39 is 0 Å². The van der Waals surface area contributed by atoms with E-state index in [4.69, 9.17) is 0 Å².